The minimum absolute atomic E-state index is 0.119. The summed E-state index contributed by atoms with van der Waals surface area (Å²) in [6.45, 7) is 0.910. The number of imidazole rings is 1. The Bertz CT molecular complexity index is 1290. The van der Waals surface area contributed by atoms with Crippen molar-refractivity contribution < 1.29 is 14.0 Å². The summed E-state index contributed by atoms with van der Waals surface area (Å²) in [7, 11) is 0. The van der Waals surface area contributed by atoms with E-state index in [9.17, 15) is 14.0 Å². The first kappa shape index (κ1) is 23.4. The number of aryl methyl sites for hydroxylation is 1. The van der Waals surface area contributed by atoms with Gasteiger partial charge < -0.3 is 15.2 Å². The van der Waals surface area contributed by atoms with Crippen LogP contribution in [0, 0.1) is 5.82 Å². The number of halogens is 2. The lowest BCUT2D eigenvalue weighted by Crippen LogP contribution is -2.28. The topological polar surface area (TPSA) is 76.0 Å². The van der Waals surface area contributed by atoms with Gasteiger partial charge in [-0.05, 0) is 60.5 Å². The molecule has 0 unspecified atom stereocenters. The van der Waals surface area contributed by atoms with E-state index < -0.39 is 0 Å². The van der Waals surface area contributed by atoms with Crippen LogP contribution in [0.2, 0.25) is 5.02 Å². The van der Waals surface area contributed by atoms with Crippen LogP contribution in [0.25, 0.3) is 11.0 Å². The van der Waals surface area contributed by atoms with Gasteiger partial charge in [0, 0.05) is 30.1 Å². The summed E-state index contributed by atoms with van der Waals surface area (Å²) < 4.78 is 15.0. The second-order valence-corrected chi connectivity index (χ2v) is 8.31. The van der Waals surface area contributed by atoms with Crippen molar-refractivity contribution in [2.45, 2.75) is 25.9 Å². The number of fused-ring (bicyclic) bond motifs is 1. The van der Waals surface area contributed by atoms with Gasteiger partial charge in [0.1, 0.15) is 18.2 Å². The quantitative estimate of drug-likeness (QED) is 0.347. The Labute approximate surface area is 201 Å². The molecule has 0 aliphatic heterocycles. The average Bonchev–Trinajstić information content (AvgIpc) is 3.19. The van der Waals surface area contributed by atoms with E-state index in [1.54, 1.807) is 36.4 Å². The van der Waals surface area contributed by atoms with Gasteiger partial charge in [-0.15, -0.1) is 0 Å². The van der Waals surface area contributed by atoms with Gasteiger partial charge in [0.05, 0.1) is 11.0 Å². The van der Waals surface area contributed by atoms with E-state index in [1.807, 2.05) is 28.8 Å². The Morgan fingerprint density at radius 1 is 0.941 bits per heavy atom. The summed E-state index contributed by atoms with van der Waals surface area (Å²) in [6.07, 6.45) is 1.26. The Hall–Kier alpha value is -3.71. The molecule has 174 valence electrons. The number of nitrogens with one attached hydrogen (secondary N) is 2. The summed E-state index contributed by atoms with van der Waals surface area (Å²) in [5, 5.41) is 6.36. The van der Waals surface area contributed by atoms with E-state index in [0.717, 1.165) is 22.4 Å². The summed E-state index contributed by atoms with van der Waals surface area (Å²) in [4.78, 5) is 29.6. The number of rotatable bonds is 9. The van der Waals surface area contributed by atoms with Gasteiger partial charge in [0.2, 0.25) is 5.91 Å². The van der Waals surface area contributed by atoms with Gasteiger partial charge in [-0.25, -0.2) is 9.37 Å². The second-order valence-electron chi connectivity index (χ2n) is 7.87. The summed E-state index contributed by atoms with van der Waals surface area (Å²) >= 11 is 5.87. The molecule has 3 aromatic carbocycles. The van der Waals surface area contributed by atoms with Crippen molar-refractivity contribution in [3.8, 4) is 0 Å². The SMILES string of the molecule is O=C(Cn1c(CCCNC(=O)c2ccc(Cl)cc2)nc2ccccc21)NCc1ccc(F)cc1. The first-order valence-electron chi connectivity index (χ1n) is 11.0. The lowest BCUT2D eigenvalue weighted by molar-refractivity contribution is -0.121. The highest BCUT2D eigenvalue weighted by Crippen LogP contribution is 2.17. The van der Waals surface area contributed by atoms with E-state index in [1.165, 1.54) is 12.1 Å². The largest absolute Gasteiger partial charge is 0.352 e. The number of amides is 2. The van der Waals surface area contributed by atoms with Crippen molar-refractivity contribution in [1.82, 2.24) is 20.2 Å². The number of nitrogens with zero attached hydrogens (tertiary/aromatic N) is 2. The molecule has 1 aromatic heterocycles. The van der Waals surface area contributed by atoms with Crippen molar-refractivity contribution in [2.24, 2.45) is 0 Å². The summed E-state index contributed by atoms with van der Waals surface area (Å²) in [5.74, 6) is 0.142. The van der Waals surface area contributed by atoms with Crippen molar-refractivity contribution >= 4 is 34.4 Å². The van der Waals surface area contributed by atoms with E-state index in [2.05, 4.69) is 10.6 Å². The monoisotopic (exact) mass is 478 g/mol. The van der Waals surface area contributed by atoms with Crippen LogP contribution < -0.4 is 10.6 Å². The zero-order valence-electron chi connectivity index (χ0n) is 18.4. The molecule has 4 rings (SSSR count). The van der Waals surface area contributed by atoms with Crippen molar-refractivity contribution in [3.63, 3.8) is 0 Å². The maximum Gasteiger partial charge on any atom is 0.251 e. The molecular formula is C26H24ClFN4O2. The Morgan fingerprint density at radius 3 is 2.44 bits per heavy atom. The number of para-hydroxylation sites is 2. The Morgan fingerprint density at radius 2 is 1.68 bits per heavy atom. The molecule has 6 nitrogen and oxygen atoms in total. The van der Waals surface area contributed by atoms with Gasteiger partial charge in [-0.1, -0.05) is 35.9 Å². The van der Waals surface area contributed by atoms with Crippen LogP contribution in [0.4, 0.5) is 4.39 Å². The van der Waals surface area contributed by atoms with Crippen LogP contribution >= 0.6 is 11.6 Å². The van der Waals surface area contributed by atoms with E-state index >= 15 is 0 Å². The van der Waals surface area contributed by atoms with E-state index in [0.29, 0.717) is 36.5 Å². The minimum atomic E-state index is -0.311. The molecule has 0 spiro atoms. The first-order valence-corrected chi connectivity index (χ1v) is 11.4. The van der Waals surface area contributed by atoms with Gasteiger partial charge in [0.15, 0.2) is 0 Å². The lowest BCUT2D eigenvalue weighted by atomic mass is 10.2. The molecule has 4 aromatic rings. The zero-order valence-corrected chi connectivity index (χ0v) is 19.2. The highest BCUT2D eigenvalue weighted by atomic mass is 35.5. The molecule has 0 atom stereocenters. The average molecular weight is 479 g/mol. The van der Waals surface area contributed by atoms with Crippen LogP contribution in [-0.4, -0.2) is 27.9 Å². The van der Waals surface area contributed by atoms with Crippen LogP contribution in [0.3, 0.4) is 0 Å². The van der Waals surface area contributed by atoms with Crippen LogP contribution in [0.15, 0.2) is 72.8 Å². The normalized spacial score (nSPS) is 10.9. The smallest absolute Gasteiger partial charge is 0.251 e. The number of hydrogen-bond acceptors (Lipinski definition) is 3. The number of benzene rings is 3. The molecule has 1 heterocycles. The highest BCUT2D eigenvalue weighted by molar-refractivity contribution is 6.30. The van der Waals surface area contributed by atoms with Crippen LogP contribution in [0.1, 0.15) is 28.2 Å². The molecule has 0 saturated heterocycles. The fourth-order valence-electron chi connectivity index (χ4n) is 3.65. The Kier molecular flexibility index (Phi) is 7.54. The fraction of sp³-hybridized carbons (Fsp3) is 0.192. The second kappa shape index (κ2) is 10.9. The molecule has 2 N–H and O–H groups in total. The van der Waals surface area contributed by atoms with Gasteiger partial charge in [-0.3, -0.25) is 9.59 Å². The molecule has 2 amide bonds. The standard InChI is InChI=1S/C26H24ClFN4O2/c27-20-11-9-19(10-12-20)26(34)29-15-3-6-24-31-22-4-1-2-5-23(22)32(24)17-25(33)30-16-18-7-13-21(28)14-8-18/h1-2,4-5,7-14H,3,6,15-17H2,(H,29,34)(H,30,33). The third kappa shape index (κ3) is 5.99. The molecular weight excluding hydrogens is 455 g/mol. The fourth-order valence-corrected chi connectivity index (χ4v) is 3.77. The summed E-state index contributed by atoms with van der Waals surface area (Å²) in [6, 6.07) is 20.4. The zero-order chi connectivity index (χ0) is 23.9. The lowest BCUT2D eigenvalue weighted by Gasteiger charge is -2.11. The van der Waals surface area contributed by atoms with Crippen LogP contribution in [-0.2, 0) is 24.3 Å². The number of aromatic nitrogens is 2. The van der Waals surface area contributed by atoms with Crippen LogP contribution in [0.5, 0.6) is 0 Å². The molecule has 0 aliphatic rings. The van der Waals surface area contributed by atoms with Gasteiger partial charge in [-0.2, -0.15) is 0 Å². The molecule has 0 aliphatic carbocycles. The van der Waals surface area contributed by atoms with Gasteiger partial charge in [0.25, 0.3) is 5.91 Å². The predicted molar refractivity (Wildman–Crippen MR) is 130 cm³/mol. The van der Waals surface area contributed by atoms with E-state index in [4.69, 9.17) is 16.6 Å². The molecule has 0 radical (unpaired) electrons. The highest BCUT2D eigenvalue weighted by Gasteiger charge is 2.14. The predicted octanol–water partition coefficient (Wildman–Crippen LogP) is 4.51. The molecule has 0 saturated carbocycles. The number of carbonyl (C=O) groups excluding carboxylic acids is 2. The first-order chi connectivity index (χ1) is 16.5. The maximum atomic E-state index is 13.1. The van der Waals surface area contributed by atoms with Crippen molar-refractivity contribution in [1.29, 1.82) is 0 Å². The number of hydrogen-bond donors (Lipinski definition) is 2. The molecule has 0 fully saturated rings. The molecule has 34 heavy (non-hydrogen) atoms. The van der Waals surface area contributed by atoms with Crippen molar-refractivity contribution in [2.75, 3.05) is 6.54 Å². The maximum absolute atomic E-state index is 13.1. The van der Waals surface area contributed by atoms with E-state index in [-0.39, 0.29) is 24.2 Å². The van der Waals surface area contributed by atoms with Gasteiger partial charge >= 0.3 is 0 Å². The molecule has 8 heteroatoms. The third-order valence-corrected chi connectivity index (χ3v) is 5.66. The Balaban J connectivity index is 1.36. The third-order valence-electron chi connectivity index (χ3n) is 5.41. The summed E-state index contributed by atoms with van der Waals surface area (Å²) in [5.41, 5.74) is 3.06. The molecule has 0 bridgehead atoms. The van der Waals surface area contributed by atoms with Crippen molar-refractivity contribution in [3.05, 3.63) is 101 Å². The number of carbonyl (C=O) groups is 2. The minimum Gasteiger partial charge on any atom is -0.352 e.